The van der Waals surface area contributed by atoms with Crippen molar-refractivity contribution in [2.24, 2.45) is 0 Å². The maximum absolute atomic E-state index is 12.2. The first kappa shape index (κ1) is 37.2. The molecule has 7 unspecified atom stereocenters. The van der Waals surface area contributed by atoms with Crippen LogP contribution >= 0.6 is 0 Å². The number of hydrogen-bond acceptors (Lipinski definition) is 8. The Hall–Kier alpha value is -0.810. The van der Waals surface area contributed by atoms with Crippen molar-refractivity contribution in [2.45, 2.75) is 179 Å². The third-order valence-electron chi connectivity index (χ3n) is 7.93. The number of unbranched alkanes of at least 4 members (excludes halogenated alkanes) is 15. The number of aliphatic hydroxyl groups is 5. The predicted octanol–water partition coefficient (Wildman–Crippen LogP) is 4.10. The van der Waals surface area contributed by atoms with Gasteiger partial charge in [0, 0.05) is 6.42 Å². The van der Waals surface area contributed by atoms with Gasteiger partial charge in [-0.2, -0.15) is 0 Å². The number of carbonyl (C=O) groups excluding carboxylic acids is 1. The van der Waals surface area contributed by atoms with Gasteiger partial charge < -0.3 is 40.3 Å². The van der Waals surface area contributed by atoms with Crippen molar-refractivity contribution in [1.82, 2.24) is 5.32 Å². The van der Waals surface area contributed by atoms with Crippen molar-refractivity contribution < 1.29 is 39.8 Å². The third kappa shape index (κ3) is 16.0. The summed E-state index contributed by atoms with van der Waals surface area (Å²) in [4.78, 5) is 12.2. The lowest BCUT2D eigenvalue weighted by Gasteiger charge is -2.40. The van der Waals surface area contributed by atoms with E-state index in [0.717, 1.165) is 19.3 Å². The fourth-order valence-electron chi connectivity index (χ4n) is 5.26. The van der Waals surface area contributed by atoms with Crippen molar-refractivity contribution in [2.75, 3.05) is 13.2 Å². The molecule has 9 nitrogen and oxygen atoms in total. The van der Waals surface area contributed by atoms with Crippen LogP contribution in [0.25, 0.3) is 0 Å². The second-order valence-electron chi connectivity index (χ2n) is 11.6. The lowest BCUT2D eigenvalue weighted by Crippen LogP contribution is -2.60. The van der Waals surface area contributed by atoms with Crippen molar-refractivity contribution in [3.8, 4) is 0 Å². The smallest absolute Gasteiger partial charge is 0.220 e. The fraction of sp³-hybridized carbons (Fsp3) is 0.968. The van der Waals surface area contributed by atoms with Crippen LogP contribution in [-0.4, -0.2) is 87.5 Å². The minimum atomic E-state index is -1.54. The molecule has 1 heterocycles. The molecule has 0 bridgehead atoms. The van der Waals surface area contributed by atoms with Crippen LogP contribution in [-0.2, 0) is 14.3 Å². The van der Waals surface area contributed by atoms with E-state index in [2.05, 4.69) is 12.2 Å². The van der Waals surface area contributed by atoms with Crippen molar-refractivity contribution >= 4 is 5.91 Å². The quantitative estimate of drug-likeness (QED) is 0.0892. The summed E-state index contributed by atoms with van der Waals surface area (Å²) >= 11 is 0. The van der Waals surface area contributed by atoms with Crippen LogP contribution in [0.5, 0.6) is 0 Å². The van der Waals surface area contributed by atoms with Crippen molar-refractivity contribution in [1.29, 1.82) is 0 Å². The number of aliphatic hydroxyl groups excluding tert-OH is 5. The minimum Gasteiger partial charge on any atom is -0.394 e. The second-order valence-corrected chi connectivity index (χ2v) is 11.6. The van der Waals surface area contributed by atoms with Crippen LogP contribution in [0, 0.1) is 0 Å². The zero-order valence-electron chi connectivity index (χ0n) is 25.4. The monoisotopic (exact) mass is 575 g/mol. The number of nitrogens with one attached hydrogen (secondary N) is 1. The molecule has 9 heteroatoms. The number of amides is 1. The molecule has 40 heavy (non-hydrogen) atoms. The van der Waals surface area contributed by atoms with E-state index in [1.165, 1.54) is 83.5 Å². The van der Waals surface area contributed by atoms with Crippen molar-refractivity contribution in [3.63, 3.8) is 0 Å². The minimum absolute atomic E-state index is 0.141. The maximum atomic E-state index is 12.2. The molecule has 1 rings (SSSR count). The topological polar surface area (TPSA) is 149 Å². The first-order chi connectivity index (χ1) is 19.3. The lowest BCUT2D eigenvalue weighted by molar-refractivity contribution is -0.302. The van der Waals surface area contributed by atoms with Gasteiger partial charge in [0.15, 0.2) is 6.29 Å². The van der Waals surface area contributed by atoms with Crippen LogP contribution < -0.4 is 5.32 Å². The van der Waals surface area contributed by atoms with Gasteiger partial charge in [0.25, 0.3) is 0 Å². The standard InChI is InChI=1S/C31H61NO8/c1-3-5-6-7-8-9-10-11-12-13-14-15-16-17-18-19-21-25(34)24(32-27(35)20-4-2)23-39-31-30(38)29(37)28(36)26(22-33)40-31/h24-26,28-31,33-34,36-38H,3-23H2,1-2H3,(H,32,35). The summed E-state index contributed by atoms with van der Waals surface area (Å²) in [5, 5.41) is 53.1. The van der Waals surface area contributed by atoms with E-state index in [1.807, 2.05) is 6.92 Å². The molecule has 1 aliphatic rings. The third-order valence-corrected chi connectivity index (χ3v) is 7.93. The van der Waals surface area contributed by atoms with Gasteiger partial charge in [-0.05, 0) is 12.8 Å². The SMILES string of the molecule is CCCCCCCCCCCCCCCCCCC(O)C(COC1OC(CO)C(O)C(O)C1O)NC(=O)CCC. The molecule has 0 aromatic carbocycles. The highest BCUT2D eigenvalue weighted by Crippen LogP contribution is 2.23. The van der Waals surface area contributed by atoms with E-state index in [9.17, 15) is 30.3 Å². The molecule has 0 aliphatic carbocycles. The molecule has 0 aromatic heterocycles. The van der Waals surface area contributed by atoms with Crippen LogP contribution in [0.3, 0.4) is 0 Å². The number of carbonyl (C=O) groups is 1. The van der Waals surface area contributed by atoms with Crippen LogP contribution in [0.2, 0.25) is 0 Å². The van der Waals surface area contributed by atoms with Gasteiger partial charge >= 0.3 is 0 Å². The first-order valence-corrected chi connectivity index (χ1v) is 16.2. The summed E-state index contributed by atoms with van der Waals surface area (Å²) in [6.07, 6.45) is 14.1. The summed E-state index contributed by atoms with van der Waals surface area (Å²) < 4.78 is 11.0. The van der Waals surface area contributed by atoms with Crippen molar-refractivity contribution in [3.05, 3.63) is 0 Å². The van der Waals surface area contributed by atoms with Gasteiger partial charge in [0.2, 0.25) is 5.91 Å². The summed E-state index contributed by atoms with van der Waals surface area (Å²) in [6.45, 7) is 3.46. The summed E-state index contributed by atoms with van der Waals surface area (Å²) in [7, 11) is 0. The largest absolute Gasteiger partial charge is 0.394 e. The summed E-state index contributed by atoms with van der Waals surface area (Å²) in [6, 6.07) is -0.706. The van der Waals surface area contributed by atoms with E-state index in [-0.39, 0.29) is 12.5 Å². The predicted molar refractivity (Wildman–Crippen MR) is 157 cm³/mol. The number of hydrogen-bond donors (Lipinski definition) is 6. The van der Waals surface area contributed by atoms with E-state index >= 15 is 0 Å². The maximum Gasteiger partial charge on any atom is 0.220 e. The Labute approximate surface area is 243 Å². The lowest BCUT2D eigenvalue weighted by atomic mass is 9.99. The number of ether oxygens (including phenoxy) is 2. The van der Waals surface area contributed by atoms with Gasteiger partial charge in [-0.15, -0.1) is 0 Å². The zero-order chi connectivity index (χ0) is 29.6. The average Bonchev–Trinajstić information content (AvgIpc) is 2.94. The molecule has 0 radical (unpaired) electrons. The Morgan fingerprint density at radius 1 is 0.750 bits per heavy atom. The molecule has 238 valence electrons. The molecule has 0 aromatic rings. The normalized spacial score (nSPS) is 24.6. The first-order valence-electron chi connectivity index (χ1n) is 16.2. The zero-order valence-corrected chi connectivity index (χ0v) is 25.4. The van der Waals surface area contributed by atoms with E-state index in [1.54, 1.807) is 0 Å². The molecule has 1 fully saturated rings. The van der Waals surface area contributed by atoms with Gasteiger partial charge in [0.05, 0.1) is 25.4 Å². The molecular formula is C31H61NO8. The summed E-state index contributed by atoms with van der Waals surface area (Å²) in [5.74, 6) is -0.198. The van der Waals surface area contributed by atoms with Crippen LogP contribution in [0.1, 0.15) is 136 Å². The highest BCUT2D eigenvalue weighted by Gasteiger charge is 2.44. The van der Waals surface area contributed by atoms with Crippen LogP contribution in [0.15, 0.2) is 0 Å². The molecule has 1 amide bonds. The molecule has 0 spiro atoms. The Kier molecular flexibility index (Phi) is 22.1. The Morgan fingerprint density at radius 2 is 1.25 bits per heavy atom. The Balaban J connectivity index is 2.24. The van der Waals surface area contributed by atoms with Gasteiger partial charge in [0.1, 0.15) is 24.4 Å². The highest BCUT2D eigenvalue weighted by atomic mass is 16.7. The molecule has 7 atom stereocenters. The van der Waals surface area contributed by atoms with E-state index in [4.69, 9.17) is 9.47 Å². The van der Waals surface area contributed by atoms with E-state index < -0.39 is 49.5 Å². The molecular weight excluding hydrogens is 514 g/mol. The van der Waals surface area contributed by atoms with Gasteiger partial charge in [-0.25, -0.2) is 0 Å². The highest BCUT2D eigenvalue weighted by molar-refractivity contribution is 5.76. The molecule has 6 N–H and O–H groups in total. The van der Waals surface area contributed by atoms with Gasteiger partial charge in [-0.1, -0.05) is 117 Å². The molecule has 1 aliphatic heterocycles. The average molecular weight is 576 g/mol. The van der Waals surface area contributed by atoms with Crippen LogP contribution in [0.4, 0.5) is 0 Å². The Bertz CT molecular complexity index is 608. The van der Waals surface area contributed by atoms with Gasteiger partial charge in [-0.3, -0.25) is 4.79 Å². The number of rotatable bonds is 25. The second kappa shape index (κ2) is 23.7. The Morgan fingerprint density at radius 3 is 1.73 bits per heavy atom. The fourth-order valence-corrected chi connectivity index (χ4v) is 5.26. The molecule has 0 saturated carbocycles. The van der Waals surface area contributed by atoms with E-state index in [0.29, 0.717) is 19.3 Å². The summed E-state index contributed by atoms with van der Waals surface area (Å²) in [5.41, 5.74) is 0. The molecule has 1 saturated heterocycles.